The Hall–Kier alpha value is -1.19. The molecule has 10 heteroatoms. The van der Waals surface area contributed by atoms with E-state index in [2.05, 4.69) is 4.84 Å². The maximum Gasteiger partial charge on any atom is 1.00 e. The van der Waals surface area contributed by atoms with Gasteiger partial charge in [0.1, 0.15) is 0 Å². The van der Waals surface area contributed by atoms with Crippen LogP contribution in [0.1, 0.15) is 14.3 Å². The average molecular weight is 245 g/mol. The molecule has 0 unspecified atom stereocenters. The van der Waals surface area contributed by atoms with Gasteiger partial charge in [0.25, 0.3) is 5.60 Å². The minimum absolute atomic E-state index is 0. The maximum absolute atomic E-state index is 10.6. The van der Waals surface area contributed by atoms with E-state index in [-0.39, 0.29) is 31.0 Å². The molecule has 0 atom stereocenters. The number of aliphatic carboxylic acids is 3. The van der Waals surface area contributed by atoms with Crippen molar-refractivity contribution < 1.29 is 65.5 Å². The first kappa shape index (κ1) is 17.2. The number of rotatable bonds is 7. The van der Waals surface area contributed by atoms with Crippen LogP contribution in [-0.2, 0) is 19.2 Å². The van der Waals surface area contributed by atoms with E-state index in [0.717, 1.165) is 0 Å². The Balaban J connectivity index is -0.000000980. The van der Waals surface area contributed by atoms with E-state index in [4.69, 9.17) is 15.3 Å². The van der Waals surface area contributed by atoms with Gasteiger partial charge in [0, 0.05) is 0 Å². The normalized spacial score (nSPS) is 9.75. The zero-order valence-corrected chi connectivity index (χ0v) is 10.2. The van der Waals surface area contributed by atoms with Crippen molar-refractivity contribution in [3.05, 3.63) is 4.91 Å². The van der Waals surface area contributed by atoms with Crippen LogP contribution < -0.4 is 29.6 Å². The fourth-order valence-corrected chi connectivity index (χ4v) is 0.877. The van der Waals surface area contributed by atoms with Gasteiger partial charge in [0.2, 0.25) is 0 Å². The summed E-state index contributed by atoms with van der Waals surface area (Å²) in [6, 6.07) is 0. The van der Waals surface area contributed by atoms with Crippen molar-refractivity contribution in [1.82, 2.24) is 0 Å². The SMILES string of the molecule is O=NOC(CC(=O)O)(CC(=O)O)C(=O)O.[H-].[Na+]. The summed E-state index contributed by atoms with van der Waals surface area (Å²) in [5, 5.41) is 27.1. The summed E-state index contributed by atoms with van der Waals surface area (Å²) in [7, 11) is 0. The first-order chi connectivity index (χ1) is 6.84. The van der Waals surface area contributed by atoms with E-state index in [1.807, 2.05) is 0 Å². The monoisotopic (exact) mass is 245 g/mol. The molecule has 0 fully saturated rings. The van der Waals surface area contributed by atoms with Crippen LogP contribution in [0.3, 0.4) is 0 Å². The van der Waals surface area contributed by atoms with E-state index >= 15 is 0 Å². The maximum atomic E-state index is 10.6. The van der Waals surface area contributed by atoms with Crippen LogP contribution in [0.5, 0.6) is 0 Å². The fraction of sp³-hybridized carbons (Fsp3) is 0.500. The molecule has 0 aliphatic carbocycles. The molecule has 0 rings (SSSR count). The number of carbonyl (C=O) groups is 3. The summed E-state index contributed by atoms with van der Waals surface area (Å²) in [5.41, 5.74) is -2.67. The third-order valence-corrected chi connectivity index (χ3v) is 1.48. The van der Waals surface area contributed by atoms with Crippen LogP contribution >= 0.6 is 0 Å². The van der Waals surface area contributed by atoms with Gasteiger partial charge in [0.15, 0.2) is 5.34 Å². The Bertz CT molecular complexity index is 292. The molecule has 0 aromatic heterocycles. The summed E-state index contributed by atoms with van der Waals surface area (Å²) in [4.78, 5) is 44.8. The molecule has 0 aromatic carbocycles. The van der Waals surface area contributed by atoms with Crippen molar-refractivity contribution in [2.75, 3.05) is 0 Å². The third kappa shape index (κ3) is 5.05. The number of hydrogen-bond donors (Lipinski definition) is 3. The molecule has 0 aromatic rings. The zero-order valence-electron chi connectivity index (χ0n) is 9.24. The summed E-state index contributed by atoms with van der Waals surface area (Å²) in [5.74, 6) is -5.13. The molecule has 3 N–H and O–H groups in total. The zero-order chi connectivity index (χ0) is 12.1. The van der Waals surface area contributed by atoms with Crippen molar-refractivity contribution in [2.45, 2.75) is 18.4 Å². The second-order valence-corrected chi connectivity index (χ2v) is 2.61. The molecule has 0 saturated carbocycles. The molecule has 0 amide bonds. The molecule has 0 bridgehead atoms. The molecule has 16 heavy (non-hydrogen) atoms. The summed E-state index contributed by atoms with van der Waals surface area (Å²) >= 11 is 0. The number of carboxylic acids is 3. The van der Waals surface area contributed by atoms with Crippen molar-refractivity contribution in [2.24, 2.45) is 5.34 Å². The quantitative estimate of drug-likeness (QED) is 0.238. The first-order valence-corrected chi connectivity index (χ1v) is 3.52. The van der Waals surface area contributed by atoms with Crippen LogP contribution in [0.15, 0.2) is 5.34 Å². The van der Waals surface area contributed by atoms with E-state index in [0.29, 0.717) is 0 Å². The Morgan fingerprint density at radius 3 is 1.69 bits per heavy atom. The molecule has 0 aliphatic heterocycles. The van der Waals surface area contributed by atoms with Crippen LogP contribution in [0.4, 0.5) is 0 Å². The second kappa shape index (κ2) is 7.14. The standard InChI is InChI=1S/C6H7NO8.Na.H/c8-3(9)1-6(5(12)13,15-7-14)2-4(10)11;;/h1-2H2,(H,8,9)(H,10,11)(H,12,13);;/q;+1;-1. The number of hydrogen-bond acceptors (Lipinski definition) is 6. The van der Waals surface area contributed by atoms with Gasteiger partial charge in [0.05, 0.1) is 12.8 Å². The van der Waals surface area contributed by atoms with Crippen LogP contribution in [0.25, 0.3) is 0 Å². The van der Waals surface area contributed by atoms with E-state index in [1.54, 1.807) is 5.34 Å². The third-order valence-electron chi connectivity index (χ3n) is 1.48. The van der Waals surface area contributed by atoms with Gasteiger partial charge in [-0.2, -0.15) is 0 Å². The van der Waals surface area contributed by atoms with Gasteiger partial charge < -0.3 is 21.6 Å². The van der Waals surface area contributed by atoms with Crippen molar-refractivity contribution >= 4 is 17.9 Å². The Kier molecular flexibility index (Phi) is 7.69. The fourth-order valence-electron chi connectivity index (χ4n) is 0.877. The Morgan fingerprint density at radius 1 is 1.12 bits per heavy atom. The minimum Gasteiger partial charge on any atom is -1.00 e. The summed E-state index contributed by atoms with van der Waals surface area (Å²) < 4.78 is 0. The van der Waals surface area contributed by atoms with Gasteiger partial charge in [-0.1, -0.05) is 0 Å². The number of nitrogens with zero attached hydrogens (tertiary/aromatic N) is 1. The van der Waals surface area contributed by atoms with Crippen molar-refractivity contribution in [3.63, 3.8) is 0 Å². The molecule has 0 saturated heterocycles. The second-order valence-electron chi connectivity index (χ2n) is 2.61. The van der Waals surface area contributed by atoms with Gasteiger partial charge >= 0.3 is 47.5 Å². The van der Waals surface area contributed by atoms with Gasteiger partial charge in [-0.15, -0.1) is 4.91 Å². The smallest absolute Gasteiger partial charge is 1.00 e. The molecule has 0 heterocycles. The first-order valence-electron chi connectivity index (χ1n) is 3.52. The van der Waals surface area contributed by atoms with E-state index in [9.17, 15) is 19.3 Å². The predicted molar refractivity (Wildman–Crippen MR) is 42.9 cm³/mol. The minimum atomic E-state index is -2.67. The van der Waals surface area contributed by atoms with E-state index in [1.165, 1.54) is 0 Å². The molecule has 0 aliphatic rings. The molecule has 0 radical (unpaired) electrons. The van der Waals surface area contributed by atoms with Gasteiger partial charge in [-0.05, 0) is 0 Å². The molecular weight excluding hydrogens is 237 g/mol. The predicted octanol–water partition coefficient (Wildman–Crippen LogP) is -3.43. The van der Waals surface area contributed by atoms with Gasteiger partial charge in [-0.25, -0.2) is 4.79 Å². The van der Waals surface area contributed by atoms with Crippen molar-refractivity contribution in [3.8, 4) is 0 Å². The molecular formula is C6H8NNaO8. The van der Waals surface area contributed by atoms with Gasteiger partial charge in [-0.3, -0.25) is 9.59 Å². The Labute approximate surface area is 112 Å². The molecule has 0 spiro atoms. The van der Waals surface area contributed by atoms with Crippen molar-refractivity contribution in [1.29, 1.82) is 0 Å². The van der Waals surface area contributed by atoms with Crippen LogP contribution in [0.2, 0.25) is 0 Å². The molecule has 9 nitrogen and oxygen atoms in total. The average Bonchev–Trinajstić information content (AvgIpc) is 2.01. The Morgan fingerprint density at radius 2 is 1.50 bits per heavy atom. The summed E-state index contributed by atoms with van der Waals surface area (Å²) in [6.07, 6.45) is -2.36. The van der Waals surface area contributed by atoms with Crippen LogP contribution in [0, 0.1) is 4.91 Å². The summed E-state index contributed by atoms with van der Waals surface area (Å²) in [6.45, 7) is 0. The topological polar surface area (TPSA) is 151 Å². The largest absolute Gasteiger partial charge is 1.00 e. The van der Waals surface area contributed by atoms with Crippen LogP contribution in [-0.4, -0.2) is 38.8 Å². The number of carboxylic acid groups (broad SMARTS) is 3. The van der Waals surface area contributed by atoms with E-state index < -0.39 is 36.4 Å². The molecule has 86 valence electrons.